The Hall–Kier alpha value is -1.74. The van der Waals surface area contributed by atoms with Crippen LogP contribution in [0.2, 0.25) is 0 Å². The maximum absolute atomic E-state index is 5.69. The van der Waals surface area contributed by atoms with Crippen molar-refractivity contribution >= 4 is 0 Å². The van der Waals surface area contributed by atoms with Gasteiger partial charge in [-0.05, 0) is 51.3 Å². The summed E-state index contributed by atoms with van der Waals surface area (Å²) in [5.74, 6) is 1.62. The van der Waals surface area contributed by atoms with Gasteiger partial charge in [-0.2, -0.15) is 0 Å². The monoisotopic (exact) mass is 288 g/mol. The molecule has 1 aliphatic rings. The molecule has 114 valence electrons. The minimum absolute atomic E-state index is 0.313. The van der Waals surface area contributed by atoms with E-state index in [0.29, 0.717) is 20.0 Å². The summed E-state index contributed by atoms with van der Waals surface area (Å²) >= 11 is 0. The molecule has 0 aliphatic carbocycles. The second-order valence-corrected chi connectivity index (χ2v) is 5.57. The van der Waals surface area contributed by atoms with Crippen molar-refractivity contribution in [2.24, 2.45) is 0 Å². The van der Waals surface area contributed by atoms with Crippen LogP contribution < -0.4 is 9.47 Å². The summed E-state index contributed by atoms with van der Waals surface area (Å²) in [6, 6.07) is 5.92. The van der Waals surface area contributed by atoms with Gasteiger partial charge in [-0.1, -0.05) is 29.4 Å². The first kappa shape index (κ1) is 15.6. The molecule has 0 amide bonds. The second-order valence-electron chi connectivity index (χ2n) is 5.57. The summed E-state index contributed by atoms with van der Waals surface area (Å²) in [6.45, 7) is 7.97. The minimum atomic E-state index is 0.313. The van der Waals surface area contributed by atoms with Gasteiger partial charge in [-0.15, -0.1) is 0 Å². The van der Waals surface area contributed by atoms with Crippen molar-refractivity contribution in [3.05, 3.63) is 47.1 Å². The standard InChI is InChI=1S/C18H24O3/c1-14(2)5-4-6-15(3)9-10-19-12-16-7-8-17-18(11-16)21-13-20-17/h5,7-9,11H,4,6,10,12-13H2,1-3H3/b15-9+. The Morgan fingerprint density at radius 3 is 2.76 bits per heavy atom. The topological polar surface area (TPSA) is 27.7 Å². The third-order valence-corrected chi connectivity index (χ3v) is 3.35. The molecule has 0 aromatic heterocycles. The van der Waals surface area contributed by atoms with Crippen molar-refractivity contribution in [3.63, 3.8) is 0 Å². The first-order valence-corrected chi connectivity index (χ1v) is 7.40. The van der Waals surface area contributed by atoms with Crippen molar-refractivity contribution in [2.75, 3.05) is 13.4 Å². The Labute approximate surface area is 127 Å². The maximum atomic E-state index is 5.69. The molecule has 0 atom stereocenters. The molecule has 1 aromatic rings. The molecule has 3 nitrogen and oxygen atoms in total. The number of hydrogen-bond donors (Lipinski definition) is 0. The Kier molecular flexibility index (Phi) is 5.88. The first-order chi connectivity index (χ1) is 10.1. The van der Waals surface area contributed by atoms with Gasteiger partial charge in [0.15, 0.2) is 11.5 Å². The van der Waals surface area contributed by atoms with Gasteiger partial charge in [-0.25, -0.2) is 0 Å². The van der Waals surface area contributed by atoms with Crippen molar-refractivity contribution in [2.45, 2.75) is 40.2 Å². The highest BCUT2D eigenvalue weighted by Crippen LogP contribution is 2.32. The molecule has 0 bridgehead atoms. The largest absolute Gasteiger partial charge is 0.454 e. The first-order valence-electron chi connectivity index (χ1n) is 7.40. The normalized spacial score (nSPS) is 13.4. The van der Waals surface area contributed by atoms with Gasteiger partial charge in [-0.3, -0.25) is 0 Å². The molecule has 0 saturated heterocycles. The van der Waals surface area contributed by atoms with Crippen LogP contribution in [-0.2, 0) is 11.3 Å². The number of hydrogen-bond acceptors (Lipinski definition) is 3. The SMILES string of the molecule is CC(C)=CCC/C(C)=C/COCc1ccc2c(c1)OCO2. The second kappa shape index (κ2) is 7.89. The maximum Gasteiger partial charge on any atom is 0.231 e. The zero-order chi connectivity index (χ0) is 15.1. The minimum Gasteiger partial charge on any atom is -0.454 e. The third kappa shape index (κ3) is 5.27. The van der Waals surface area contributed by atoms with Gasteiger partial charge in [0.2, 0.25) is 6.79 Å². The number of allylic oxidation sites excluding steroid dienone is 3. The lowest BCUT2D eigenvalue weighted by atomic mass is 10.1. The fourth-order valence-corrected chi connectivity index (χ4v) is 2.10. The van der Waals surface area contributed by atoms with E-state index >= 15 is 0 Å². The lowest BCUT2D eigenvalue weighted by Crippen LogP contribution is -1.94. The van der Waals surface area contributed by atoms with Crippen LogP contribution in [0.25, 0.3) is 0 Å². The van der Waals surface area contributed by atoms with Crippen LogP contribution in [0.5, 0.6) is 11.5 Å². The van der Waals surface area contributed by atoms with E-state index in [2.05, 4.69) is 32.9 Å². The lowest BCUT2D eigenvalue weighted by Gasteiger charge is -2.04. The number of rotatable bonds is 7. The molecule has 0 radical (unpaired) electrons. The molecule has 1 aromatic carbocycles. The van der Waals surface area contributed by atoms with Crippen LogP contribution in [0.3, 0.4) is 0 Å². The fourth-order valence-electron chi connectivity index (χ4n) is 2.10. The van der Waals surface area contributed by atoms with Gasteiger partial charge in [0.25, 0.3) is 0 Å². The molecule has 3 heteroatoms. The Bertz CT molecular complexity index is 525. The highest BCUT2D eigenvalue weighted by atomic mass is 16.7. The molecule has 0 N–H and O–H groups in total. The van der Waals surface area contributed by atoms with E-state index < -0.39 is 0 Å². The summed E-state index contributed by atoms with van der Waals surface area (Å²) in [6.07, 6.45) is 6.63. The van der Waals surface area contributed by atoms with E-state index in [4.69, 9.17) is 14.2 Å². The molecule has 0 saturated carbocycles. The van der Waals surface area contributed by atoms with E-state index in [1.807, 2.05) is 18.2 Å². The zero-order valence-electron chi connectivity index (χ0n) is 13.1. The summed E-state index contributed by atoms with van der Waals surface area (Å²) in [4.78, 5) is 0. The van der Waals surface area contributed by atoms with Crippen LogP contribution in [0.4, 0.5) is 0 Å². The molecule has 1 aliphatic heterocycles. The number of fused-ring (bicyclic) bond motifs is 1. The van der Waals surface area contributed by atoms with Crippen LogP contribution in [0, 0.1) is 0 Å². The molecule has 0 fully saturated rings. The summed E-state index contributed by atoms with van der Waals surface area (Å²) in [5, 5.41) is 0. The van der Waals surface area contributed by atoms with Gasteiger partial charge >= 0.3 is 0 Å². The lowest BCUT2D eigenvalue weighted by molar-refractivity contribution is 0.147. The molecule has 1 heterocycles. The highest BCUT2D eigenvalue weighted by Gasteiger charge is 2.12. The average Bonchev–Trinajstić information content (AvgIpc) is 2.90. The average molecular weight is 288 g/mol. The molecular weight excluding hydrogens is 264 g/mol. The summed E-state index contributed by atoms with van der Waals surface area (Å²) < 4.78 is 16.3. The van der Waals surface area contributed by atoms with Gasteiger partial charge in [0, 0.05) is 0 Å². The molecular formula is C18H24O3. The smallest absolute Gasteiger partial charge is 0.231 e. The Morgan fingerprint density at radius 2 is 1.95 bits per heavy atom. The van der Waals surface area contributed by atoms with Crippen LogP contribution in [0.15, 0.2) is 41.5 Å². The Balaban J connectivity index is 1.70. The van der Waals surface area contributed by atoms with Crippen LogP contribution >= 0.6 is 0 Å². The molecule has 0 spiro atoms. The predicted molar refractivity (Wildman–Crippen MR) is 84.6 cm³/mol. The van der Waals surface area contributed by atoms with E-state index in [9.17, 15) is 0 Å². The van der Waals surface area contributed by atoms with E-state index in [0.717, 1.165) is 29.9 Å². The van der Waals surface area contributed by atoms with Crippen LogP contribution in [0.1, 0.15) is 39.2 Å². The molecule has 0 unspecified atom stereocenters. The highest BCUT2D eigenvalue weighted by molar-refractivity contribution is 5.44. The van der Waals surface area contributed by atoms with Crippen molar-refractivity contribution in [1.29, 1.82) is 0 Å². The Morgan fingerprint density at radius 1 is 1.14 bits per heavy atom. The van der Waals surface area contributed by atoms with Crippen molar-refractivity contribution in [1.82, 2.24) is 0 Å². The number of ether oxygens (including phenoxy) is 3. The van der Waals surface area contributed by atoms with Gasteiger partial charge in [0.1, 0.15) is 0 Å². The predicted octanol–water partition coefficient (Wildman–Crippen LogP) is 4.62. The number of benzene rings is 1. The quantitative estimate of drug-likeness (QED) is 0.541. The third-order valence-electron chi connectivity index (χ3n) is 3.35. The zero-order valence-corrected chi connectivity index (χ0v) is 13.1. The van der Waals surface area contributed by atoms with Crippen molar-refractivity contribution in [3.8, 4) is 11.5 Å². The van der Waals surface area contributed by atoms with Crippen molar-refractivity contribution < 1.29 is 14.2 Å². The van der Waals surface area contributed by atoms with E-state index in [1.54, 1.807) is 0 Å². The summed E-state index contributed by atoms with van der Waals surface area (Å²) in [7, 11) is 0. The summed E-state index contributed by atoms with van der Waals surface area (Å²) in [5.41, 5.74) is 3.86. The van der Waals surface area contributed by atoms with E-state index in [-0.39, 0.29) is 0 Å². The van der Waals surface area contributed by atoms with Gasteiger partial charge in [0.05, 0.1) is 13.2 Å². The molecule has 2 rings (SSSR count). The van der Waals surface area contributed by atoms with Gasteiger partial charge < -0.3 is 14.2 Å². The fraction of sp³-hybridized carbons (Fsp3) is 0.444. The molecule has 21 heavy (non-hydrogen) atoms. The van der Waals surface area contributed by atoms with Crippen LogP contribution in [-0.4, -0.2) is 13.4 Å². The van der Waals surface area contributed by atoms with E-state index in [1.165, 1.54) is 11.1 Å².